The topological polar surface area (TPSA) is 114 Å². The molecule has 39 heavy (non-hydrogen) atoms. The van der Waals surface area contributed by atoms with Crippen molar-refractivity contribution in [2.75, 3.05) is 60.6 Å². The van der Waals surface area contributed by atoms with E-state index in [1.165, 1.54) is 36.7 Å². The maximum Gasteiger partial charge on any atom is 0.247 e. The molecule has 3 aromatic rings. The van der Waals surface area contributed by atoms with Gasteiger partial charge >= 0.3 is 0 Å². The van der Waals surface area contributed by atoms with E-state index in [0.29, 0.717) is 73.7 Å². The number of amides is 1. The number of halogens is 2. The first-order valence-corrected chi connectivity index (χ1v) is 12.3. The summed E-state index contributed by atoms with van der Waals surface area (Å²) in [5, 5.41) is 7.47. The molecule has 0 bridgehead atoms. The number of nitrogens with zero attached hydrogens (tertiary/aromatic N) is 5. The fourth-order valence-corrected chi connectivity index (χ4v) is 4.46. The van der Waals surface area contributed by atoms with Gasteiger partial charge in [-0.3, -0.25) is 9.63 Å². The Balaban J connectivity index is 1.45. The molecule has 2 aliphatic heterocycles. The van der Waals surface area contributed by atoms with Crippen LogP contribution >= 0.6 is 0 Å². The average molecular weight is 540 g/mol. The van der Waals surface area contributed by atoms with Crippen molar-refractivity contribution in [1.82, 2.24) is 15.0 Å². The number of hydroxylamine groups is 1. The van der Waals surface area contributed by atoms with E-state index < -0.39 is 23.6 Å². The second kappa shape index (κ2) is 11.6. The van der Waals surface area contributed by atoms with Gasteiger partial charge in [0.25, 0.3) is 0 Å². The third kappa shape index (κ3) is 5.89. The predicted molar refractivity (Wildman–Crippen MR) is 140 cm³/mol. The van der Waals surface area contributed by atoms with Gasteiger partial charge in [0.2, 0.25) is 11.8 Å². The minimum atomic E-state index is -0.665. The molecule has 204 valence electrons. The quantitative estimate of drug-likeness (QED) is 0.410. The number of aromatic nitrogens is 3. The second-order valence-electron chi connectivity index (χ2n) is 8.76. The van der Waals surface area contributed by atoms with Crippen molar-refractivity contribution in [1.29, 1.82) is 0 Å². The van der Waals surface area contributed by atoms with Gasteiger partial charge in [-0.25, -0.2) is 23.8 Å². The first-order chi connectivity index (χ1) is 18.9. The molecule has 2 aromatic heterocycles. The number of hydrogen-bond acceptors (Lipinski definition) is 10. The number of nitrogens with one attached hydrogen (secondary N) is 2. The van der Waals surface area contributed by atoms with Crippen molar-refractivity contribution in [2.24, 2.45) is 0 Å². The molecule has 0 saturated carbocycles. The van der Waals surface area contributed by atoms with Crippen molar-refractivity contribution >= 4 is 34.7 Å². The fraction of sp³-hybridized carbons (Fsp3) is 0.308. The summed E-state index contributed by atoms with van der Waals surface area (Å²) < 4.78 is 38.7. The minimum Gasteiger partial charge on any atom is -0.479 e. The Labute approximate surface area is 223 Å². The number of hydrogen-bond donors (Lipinski definition) is 2. The monoisotopic (exact) mass is 539 g/mol. The highest BCUT2D eigenvalue weighted by atomic mass is 19.1. The van der Waals surface area contributed by atoms with Crippen LogP contribution in [0.15, 0.2) is 49.3 Å². The number of pyridine rings is 1. The van der Waals surface area contributed by atoms with Gasteiger partial charge < -0.3 is 25.0 Å². The Kier molecular flexibility index (Phi) is 7.79. The highest BCUT2D eigenvalue weighted by Gasteiger charge is 2.30. The van der Waals surface area contributed by atoms with Gasteiger partial charge in [-0.05, 0) is 29.8 Å². The van der Waals surface area contributed by atoms with E-state index in [-0.39, 0.29) is 5.88 Å². The van der Waals surface area contributed by atoms with Crippen LogP contribution in [0.4, 0.5) is 37.6 Å². The number of carbonyl (C=O) groups excluding carboxylic acids is 1. The third-order valence-electron chi connectivity index (χ3n) is 6.23. The van der Waals surface area contributed by atoms with Crippen LogP contribution in [-0.2, 0) is 14.4 Å². The lowest BCUT2D eigenvalue weighted by atomic mass is 10.0. The Hall–Kier alpha value is -4.36. The largest absolute Gasteiger partial charge is 0.479 e. The Morgan fingerprint density at radius 3 is 2.59 bits per heavy atom. The van der Waals surface area contributed by atoms with E-state index in [1.54, 1.807) is 12.1 Å². The molecule has 5 rings (SSSR count). The highest BCUT2D eigenvalue weighted by molar-refractivity contribution is 6.01. The highest BCUT2D eigenvalue weighted by Crippen LogP contribution is 2.38. The summed E-state index contributed by atoms with van der Waals surface area (Å²) >= 11 is 0. The van der Waals surface area contributed by atoms with Gasteiger partial charge in [-0.2, -0.15) is 4.98 Å². The van der Waals surface area contributed by atoms with Crippen LogP contribution in [0.3, 0.4) is 0 Å². The predicted octanol–water partition coefficient (Wildman–Crippen LogP) is 3.75. The maximum atomic E-state index is 13.9. The lowest BCUT2D eigenvalue weighted by Gasteiger charge is -2.30. The van der Waals surface area contributed by atoms with Crippen LogP contribution in [0, 0.1) is 11.6 Å². The average Bonchev–Trinajstić information content (AvgIpc) is 3.44. The molecular formula is C26H27F2N7O4. The molecule has 2 saturated heterocycles. The van der Waals surface area contributed by atoms with E-state index in [0.717, 1.165) is 6.07 Å². The van der Waals surface area contributed by atoms with Crippen LogP contribution in [-0.4, -0.2) is 60.9 Å². The lowest BCUT2D eigenvalue weighted by Crippen LogP contribution is -2.37. The van der Waals surface area contributed by atoms with Crippen molar-refractivity contribution in [3.8, 4) is 5.88 Å². The molecular weight excluding hydrogens is 512 g/mol. The van der Waals surface area contributed by atoms with Crippen LogP contribution in [0.1, 0.15) is 18.0 Å². The zero-order valence-corrected chi connectivity index (χ0v) is 21.2. The molecule has 4 heterocycles. The molecule has 1 unspecified atom stereocenters. The Morgan fingerprint density at radius 2 is 1.87 bits per heavy atom. The first-order valence-electron chi connectivity index (χ1n) is 12.3. The van der Waals surface area contributed by atoms with E-state index in [1.807, 2.05) is 4.90 Å². The molecule has 0 radical (unpaired) electrons. The molecule has 0 spiro atoms. The summed E-state index contributed by atoms with van der Waals surface area (Å²) in [7, 11) is 1.49. The number of rotatable bonds is 8. The van der Waals surface area contributed by atoms with Gasteiger partial charge in [-0.15, -0.1) is 0 Å². The van der Waals surface area contributed by atoms with E-state index >= 15 is 0 Å². The molecule has 1 atom stereocenters. The van der Waals surface area contributed by atoms with Gasteiger partial charge in [0.1, 0.15) is 29.5 Å². The molecule has 2 aliphatic rings. The summed E-state index contributed by atoms with van der Waals surface area (Å²) in [6.07, 6.45) is 3.03. The van der Waals surface area contributed by atoms with E-state index in [4.69, 9.17) is 14.3 Å². The Bertz CT molecular complexity index is 1350. The van der Waals surface area contributed by atoms with Crippen LogP contribution < -0.4 is 25.3 Å². The molecule has 11 nitrogen and oxygen atoms in total. The van der Waals surface area contributed by atoms with Gasteiger partial charge in [0, 0.05) is 31.6 Å². The SMILES string of the molecule is C=CC(=O)Nc1cc(Nc2cc(N3OCCC3c3cc(F)cc(F)c3)ncn2)c(OC)nc1N1CCOCC1. The first kappa shape index (κ1) is 26.3. The standard InChI is InChI=1S/C26H27F2N7O4/c1-3-24(36)32-19-13-20(26(37-2)33-25(19)34-5-8-38-9-6-34)31-22-14-23(30-15-29-22)35-21(4-7-39-35)16-10-17(27)12-18(28)11-16/h3,10-15,21H,1,4-9H2,2H3,(H,32,36)(H,29,30,31). The number of methoxy groups -OCH3 is 1. The number of ether oxygens (including phenoxy) is 2. The third-order valence-corrected chi connectivity index (χ3v) is 6.23. The number of morpholine rings is 1. The van der Waals surface area contributed by atoms with Crippen molar-refractivity contribution in [3.05, 3.63) is 66.5 Å². The molecule has 0 aliphatic carbocycles. The smallest absolute Gasteiger partial charge is 0.247 e. The zero-order valence-electron chi connectivity index (χ0n) is 21.2. The molecule has 1 amide bonds. The van der Waals surface area contributed by atoms with Gasteiger partial charge in [0.05, 0.1) is 38.7 Å². The summed E-state index contributed by atoms with van der Waals surface area (Å²) in [6, 6.07) is 6.27. The Morgan fingerprint density at radius 1 is 1.10 bits per heavy atom. The van der Waals surface area contributed by atoms with Gasteiger partial charge in [0.15, 0.2) is 11.6 Å². The van der Waals surface area contributed by atoms with Crippen LogP contribution in [0.5, 0.6) is 5.88 Å². The summed E-state index contributed by atoms with van der Waals surface area (Å²) in [5.74, 6) is -0.147. The minimum absolute atomic E-state index is 0.277. The summed E-state index contributed by atoms with van der Waals surface area (Å²) in [6.45, 7) is 6.14. The molecule has 2 fully saturated rings. The van der Waals surface area contributed by atoms with E-state index in [9.17, 15) is 13.6 Å². The number of carbonyl (C=O) groups is 1. The molecule has 2 N–H and O–H groups in total. The fourth-order valence-electron chi connectivity index (χ4n) is 4.46. The van der Waals surface area contributed by atoms with Gasteiger partial charge in [-0.1, -0.05) is 6.58 Å². The molecule has 1 aromatic carbocycles. The molecule has 13 heteroatoms. The maximum absolute atomic E-state index is 13.9. The number of anilines is 5. The second-order valence-corrected chi connectivity index (χ2v) is 8.76. The lowest BCUT2D eigenvalue weighted by molar-refractivity contribution is -0.111. The number of benzene rings is 1. The van der Waals surface area contributed by atoms with Crippen molar-refractivity contribution < 1.29 is 27.9 Å². The van der Waals surface area contributed by atoms with Crippen molar-refractivity contribution in [3.63, 3.8) is 0 Å². The normalized spacial score (nSPS) is 17.2. The zero-order chi connectivity index (χ0) is 27.4. The van der Waals surface area contributed by atoms with Crippen LogP contribution in [0.2, 0.25) is 0 Å². The summed E-state index contributed by atoms with van der Waals surface area (Å²) in [4.78, 5) is 33.2. The summed E-state index contributed by atoms with van der Waals surface area (Å²) in [5.41, 5.74) is 1.32. The van der Waals surface area contributed by atoms with Crippen molar-refractivity contribution in [2.45, 2.75) is 12.5 Å². The van der Waals surface area contributed by atoms with E-state index in [2.05, 4.69) is 32.2 Å². The van der Waals surface area contributed by atoms with Crippen LogP contribution in [0.25, 0.3) is 0 Å².